The van der Waals surface area contributed by atoms with Crippen molar-refractivity contribution in [3.63, 3.8) is 0 Å². The molecule has 0 saturated carbocycles. The molecule has 2 heterocycles. The van der Waals surface area contributed by atoms with Crippen molar-refractivity contribution in [2.75, 3.05) is 12.4 Å². The van der Waals surface area contributed by atoms with Gasteiger partial charge in [-0.2, -0.15) is 0 Å². The van der Waals surface area contributed by atoms with Gasteiger partial charge >= 0.3 is 0 Å². The highest BCUT2D eigenvalue weighted by Gasteiger charge is 2.05. The van der Waals surface area contributed by atoms with Crippen LogP contribution in [0.2, 0.25) is 0 Å². The van der Waals surface area contributed by atoms with E-state index in [1.54, 1.807) is 0 Å². The second kappa shape index (κ2) is 4.74. The summed E-state index contributed by atoms with van der Waals surface area (Å²) in [5.41, 5.74) is 4.75. The number of hydrogen-bond acceptors (Lipinski definition) is 3. The minimum Gasteiger partial charge on any atom is -0.392 e. The van der Waals surface area contributed by atoms with E-state index in [0.717, 1.165) is 28.2 Å². The van der Waals surface area contributed by atoms with Crippen LogP contribution in [0.1, 0.15) is 5.56 Å². The lowest BCUT2D eigenvalue weighted by Gasteiger charge is -1.99. The highest BCUT2D eigenvalue weighted by Crippen LogP contribution is 2.21. The van der Waals surface area contributed by atoms with Crippen LogP contribution < -0.4 is 5.32 Å². The van der Waals surface area contributed by atoms with Gasteiger partial charge in [-0.15, -0.1) is 0 Å². The molecule has 0 amide bonds. The Morgan fingerprint density at radius 2 is 2.16 bits per heavy atom. The number of benzene rings is 1. The van der Waals surface area contributed by atoms with Gasteiger partial charge in [-0.1, -0.05) is 18.2 Å². The normalized spacial score (nSPS) is 10.8. The number of aromatic nitrogens is 2. The molecule has 4 heteroatoms. The fraction of sp³-hybridized carbons (Fsp3) is 0.133. The number of pyridine rings is 1. The van der Waals surface area contributed by atoms with Crippen molar-refractivity contribution in [3.05, 3.63) is 54.4 Å². The number of nitrogens with one attached hydrogen (secondary N) is 1. The van der Waals surface area contributed by atoms with Gasteiger partial charge in [0.05, 0.1) is 12.3 Å². The fourth-order valence-electron chi connectivity index (χ4n) is 2.11. The van der Waals surface area contributed by atoms with Gasteiger partial charge in [-0.3, -0.25) is 0 Å². The van der Waals surface area contributed by atoms with Gasteiger partial charge in [0.25, 0.3) is 0 Å². The summed E-state index contributed by atoms with van der Waals surface area (Å²) < 4.78 is 1.99. The Morgan fingerprint density at radius 1 is 1.26 bits per heavy atom. The molecule has 0 spiro atoms. The SMILES string of the molecule is CNc1ccn2cc(-c3cccc(CO)c3)nc2c1. The Morgan fingerprint density at radius 3 is 2.95 bits per heavy atom. The average Bonchev–Trinajstić information content (AvgIpc) is 2.90. The third-order valence-corrected chi connectivity index (χ3v) is 3.15. The van der Waals surface area contributed by atoms with Gasteiger partial charge in [-0.25, -0.2) is 4.98 Å². The van der Waals surface area contributed by atoms with Crippen molar-refractivity contribution < 1.29 is 5.11 Å². The minimum absolute atomic E-state index is 0.0467. The summed E-state index contributed by atoms with van der Waals surface area (Å²) in [6, 6.07) is 11.8. The number of fused-ring (bicyclic) bond motifs is 1. The van der Waals surface area contributed by atoms with Crippen LogP contribution in [0, 0.1) is 0 Å². The van der Waals surface area contributed by atoms with Crippen molar-refractivity contribution in [1.82, 2.24) is 9.38 Å². The third-order valence-electron chi connectivity index (χ3n) is 3.15. The maximum absolute atomic E-state index is 9.18. The number of anilines is 1. The number of imidazole rings is 1. The topological polar surface area (TPSA) is 49.6 Å². The van der Waals surface area contributed by atoms with Crippen LogP contribution >= 0.6 is 0 Å². The molecule has 96 valence electrons. The minimum atomic E-state index is 0.0467. The first kappa shape index (κ1) is 11.7. The Hall–Kier alpha value is -2.33. The van der Waals surface area contributed by atoms with Gasteiger partial charge in [0.1, 0.15) is 5.65 Å². The van der Waals surface area contributed by atoms with Crippen molar-refractivity contribution in [3.8, 4) is 11.3 Å². The van der Waals surface area contributed by atoms with Crippen LogP contribution in [0.25, 0.3) is 16.9 Å². The van der Waals surface area contributed by atoms with Crippen molar-refractivity contribution in [2.24, 2.45) is 0 Å². The molecule has 0 aliphatic heterocycles. The monoisotopic (exact) mass is 253 g/mol. The molecule has 0 saturated heterocycles. The average molecular weight is 253 g/mol. The predicted octanol–water partition coefficient (Wildman–Crippen LogP) is 2.54. The van der Waals surface area contributed by atoms with Gasteiger partial charge in [0.15, 0.2) is 0 Å². The second-order valence-electron chi connectivity index (χ2n) is 4.42. The van der Waals surface area contributed by atoms with Crippen LogP contribution in [-0.2, 0) is 6.61 Å². The zero-order valence-corrected chi connectivity index (χ0v) is 10.7. The van der Waals surface area contributed by atoms with Crippen LogP contribution in [-0.4, -0.2) is 21.5 Å². The largest absolute Gasteiger partial charge is 0.392 e. The molecular weight excluding hydrogens is 238 g/mol. The summed E-state index contributed by atoms with van der Waals surface area (Å²) in [6.45, 7) is 0.0467. The number of hydrogen-bond donors (Lipinski definition) is 2. The first-order valence-electron chi connectivity index (χ1n) is 6.17. The van der Waals surface area contributed by atoms with E-state index in [1.165, 1.54) is 0 Å². The molecule has 0 radical (unpaired) electrons. The summed E-state index contributed by atoms with van der Waals surface area (Å²) in [4.78, 5) is 4.61. The van der Waals surface area contributed by atoms with Crippen LogP contribution in [0.3, 0.4) is 0 Å². The molecular formula is C15H15N3O. The lowest BCUT2D eigenvalue weighted by Crippen LogP contribution is -1.89. The summed E-state index contributed by atoms with van der Waals surface area (Å²) in [5, 5.41) is 12.3. The van der Waals surface area contributed by atoms with E-state index in [4.69, 9.17) is 0 Å². The molecule has 4 nitrogen and oxygen atoms in total. The first-order chi connectivity index (χ1) is 9.30. The molecule has 0 atom stereocenters. The highest BCUT2D eigenvalue weighted by atomic mass is 16.3. The van der Waals surface area contributed by atoms with Gasteiger partial charge in [0.2, 0.25) is 0 Å². The van der Waals surface area contributed by atoms with E-state index >= 15 is 0 Å². The molecule has 19 heavy (non-hydrogen) atoms. The number of nitrogens with zero attached hydrogens (tertiary/aromatic N) is 2. The first-order valence-corrected chi connectivity index (χ1v) is 6.17. The van der Waals surface area contributed by atoms with E-state index in [9.17, 15) is 5.11 Å². The summed E-state index contributed by atoms with van der Waals surface area (Å²) in [6.07, 6.45) is 3.97. The predicted molar refractivity (Wildman–Crippen MR) is 76.1 cm³/mol. The molecule has 0 unspecified atom stereocenters. The van der Waals surface area contributed by atoms with Crippen molar-refractivity contribution in [2.45, 2.75) is 6.61 Å². The second-order valence-corrected chi connectivity index (χ2v) is 4.42. The summed E-state index contributed by atoms with van der Waals surface area (Å²) in [5.74, 6) is 0. The molecule has 3 aromatic rings. The molecule has 3 rings (SSSR count). The van der Waals surface area contributed by atoms with E-state index in [-0.39, 0.29) is 6.61 Å². The van der Waals surface area contributed by atoms with E-state index < -0.39 is 0 Å². The van der Waals surface area contributed by atoms with Crippen molar-refractivity contribution >= 4 is 11.3 Å². The summed E-state index contributed by atoms with van der Waals surface area (Å²) >= 11 is 0. The molecule has 2 aromatic heterocycles. The lowest BCUT2D eigenvalue weighted by molar-refractivity contribution is 0.282. The van der Waals surface area contributed by atoms with Crippen LogP contribution in [0.4, 0.5) is 5.69 Å². The van der Waals surface area contributed by atoms with Gasteiger partial charge < -0.3 is 14.8 Å². The maximum atomic E-state index is 9.18. The lowest BCUT2D eigenvalue weighted by atomic mass is 10.1. The van der Waals surface area contributed by atoms with Crippen LogP contribution in [0.15, 0.2) is 48.8 Å². The molecule has 1 aromatic carbocycles. The standard InChI is InChI=1S/C15H15N3O/c1-16-13-5-6-18-9-14(17-15(18)8-13)12-4-2-3-11(7-12)10-19/h2-9,16,19H,10H2,1H3. The molecule has 0 aliphatic carbocycles. The van der Waals surface area contributed by atoms with Gasteiger partial charge in [-0.05, 0) is 17.7 Å². The number of aliphatic hydroxyl groups excluding tert-OH is 1. The Balaban J connectivity index is 2.09. The zero-order chi connectivity index (χ0) is 13.2. The fourth-order valence-corrected chi connectivity index (χ4v) is 2.11. The molecule has 0 bridgehead atoms. The molecule has 0 aliphatic rings. The molecule has 0 fully saturated rings. The maximum Gasteiger partial charge on any atom is 0.139 e. The summed E-state index contributed by atoms with van der Waals surface area (Å²) in [7, 11) is 1.89. The smallest absolute Gasteiger partial charge is 0.139 e. The van der Waals surface area contributed by atoms with Crippen molar-refractivity contribution in [1.29, 1.82) is 0 Å². The highest BCUT2D eigenvalue weighted by molar-refractivity contribution is 5.65. The van der Waals surface area contributed by atoms with Crippen LogP contribution in [0.5, 0.6) is 0 Å². The molecule has 2 N–H and O–H groups in total. The van der Waals surface area contributed by atoms with E-state index in [1.807, 2.05) is 60.2 Å². The Labute approximate surface area is 111 Å². The van der Waals surface area contributed by atoms with Gasteiger partial charge in [0, 0.05) is 36.8 Å². The third kappa shape index (κ3) is 2.18. The van der Waals surface area contributed by atoms with E-state index in [2.05, 4.69) is 10.3 Å². The quantitative estimate of drug-likeness (QED) is 0.754. The van der Waals surface area contributed by atoms with E-state index in [0.29, 0.717) is 0 Å². The number of aliphatic hydroxyl groups is 1. The Bertz CT molecular complexity index is 718. The Kier molecular flexibility index (Phi) is 2.93. The number of rotatable bonds is 3. The zero-order valence-electron chi connectivity index (χ0n) is 10.7.